The minimum Gasteiger partial charge on any atom is -0.479 e. The van der Waals surface area contributed by atoms with Gasteiger partial charge in [0.15, 0.2) is 6.10 Å². The van der Waals surface area contributed by atoms with Crippen molar-refractivity contribution >= 4 is 21.9 Å². The molecular weight excluding hydrogens is 322 g/mol. The molecule has 0 aliphatic rings. The Labute approximate surface area is 128 Å². The molecule has 0 heterocycles. The molecule has 2 atom stereocenters. The van der Waals surface area contributed by atoms with E-state index < -0.39 is 12.1 Å². The summed E-state index contributed by atoms with van der Waals surface area (Å²) in [6.07, 6.45) is 2.09. The first-order valence-corrected chi connectivity index (χ1v) is 7.70. The second kappa shape index (κ2) is 8.27. The maximum absolute atomic E-state index is 11.1. The first-order valence-electron chi connectivity index (χ1n) is 6.91. The Morgan fingerprint density at radius 2 is 2.15 bits per heavy atom. The Balaban J connectivity index is 2.85. The lowest BCUT2D eigenvalue weighted by molar-refractivity contribution is -0.145. The smallest absolute Gasteiger partial charge is 0.344 e. The number of carboxylic acids is 1. The van der Waals surface area contributed by atoms with Gasteiger partial charge in [-0.25, -0.2) is 4.79 Å². The molecule has 0 aliphatic heterocycles. The van der Waals surface area contributed by atoms with Crippen LogP contribution in [0.1, 0.15) is 38.7 Å². The topological polar surface area (TPSA) is 72.5 Å². The van der Waals surface area contributed by atoms with E-state index in [1.54, 1.807) is 6.07 Å². The highest BCUT2D eigenvalue weighted by Gasteiger charge is 2.18. The number of carboxylic acid groups (broad SMARTS) is 1. The summed E-state index contributed by atoms with van der Waals surface area (Å²) in [4.78, 5) is 11.1. The van der Waals surface area contributed by atoms with Crippen LogP contribution >= 0.6 is 15.9 Å². The predicted molar refractivity (Wildman–Crippen MR) is 83.1 cm³/mol. The molecule has 1 aromatic carbocycles. The lowest BCUT2D eigenvalue weighted by Gasteiger charge is -2.16. The molecule has 0 saturated carbocycles. The van der Waals surface area contributed by atoms with Gasteiger partial charge < -0.3 is 15.6 Å². The highest BCUT2D eigenvalue weighted by atomic mass is 79.9. The van der Waals surface area contributed by atoms with Crippen molar-refractivity contribution in [2.45, 2.75) is 51.7 Å². The molecule has 0 amide bonds. The molecule has 112 valence electrons. The number of carbonyl (C=O) groups is 1. The van der Waals surface area contributed by atoms with Gasteiger partial charge in [-0.05, 0) is 43.0 Å². The number of aliphatic carboxylic acids is 1. The van der Waals surface area contributed by atoms with Crippen LogP contribution in [-0.4, -0.2) is 23.2 Å². The van der Waals surface area contributed by atoms with E-state index in [0.717, 1.165) is 29.3 Å². The van der Waals surface area contributed by atoms with Crippen molar-refractivity contribution in [1.29, 1.82) is 0 Å². The number of halogens is 1. The van der Waals surface area contributed by atoms with E-state index in [1.165, 1.54) is 0 Å². The van der Waals surface area contributed by atoms with Gasteiger partial charge in [-0.1, -0.05) is 36.2 Å². The summed E-state index contributed by atoms with van der Waals surface area (Å²) in [5.41, 5.74) is 7.00. The fourth-order valence-corrected chi connectivity index (χ4v) is 2.28. The highest BCUT2D eigenvalue weighted by molar-refractivity contribution is 9.10. The zero-order valence-corrected chi connectivity index (χ0v) is 13.5. The largest absolute Gasteiger partial charge is 0.479 e. The molecule has 0 aromatic heterocycles. The lowest BCUT2D eigenvalue weighted by Crippen LogP contribution is -2.27. The fourth-order valence-electron chi connectivity index (χ4n) is 1.87. The van der Waals surface area contributed by atoms with Gasteiger partial charge in [0, 0.05) is 10.5 Å². The van der Waals surface area contributed by atoms with Crippen LogP contribution in [0, 0.1) is 0 Å². The molecule has 0 spiro atoms. The quantitative estimate of drug-likeness (QED) is 0.758. The fraction of sp³-hybridized carbons (Fsp3) is 0.533. The lowest BCUT2D eigenvalue weighted by atomic mass is 10.0. The third kappa shape index (κ3) is 5.13. The molecule has 0 saturated heterocycles. The number of nitrogens with two attached hydrogens (primary N) is 1. The van der Waals surface area contributed by atoms with Crippen LogP contribution < -0.4 is 10.5 Å². The summed E-state index contributed by atoms with van der Waals surface area (Å²) in [6.45, 7) is 3.98. The van der Waals surface area contributed by atoms with Crippen LogP contribution in [0.2, 0.25) is 0 Å². The van der Waals surface area contributed by atoms with Crippen LogP contribution in [-0.2, 0) is 11.2 Å². The van der Waals surface area contributed by atoms with Gasteiger partial charge >= 0.3 is 5.97 Å². The van der Waals surface area contributed by atoms with E-state index in [9.17, 15) is 4.79 Å². The maximum atomic E-state index is 11.1. The number of rotatable bonds is 8. The van der Waals surface area contributed by atoms with E-state index in [2.05, 4.69) is 15.9 Å². The molecule has 0 fully saturated rings. The Morgan fingerprint density at radius 1 is 1.45 bits per heavy atom. The van der Waals surface area contributed by atoms with Crippen LogP contribution in [0.3, 0.4) is 0 Å². The molecule has 1 rings (SSSR count). The standard InChI is InChI=1S/C15H22BrNO3/c1-3-5-14(15(18)19)20-12-6-7-13(16)10(9-12)8-11(17)4-2/h6-7,9,11,14H,3-5,8,17H2,1-2H3,(H,18,19). The molecule has 0 bridgehead atoms. The van der Waals surface area contributed by atoms with E-state index in [4.69, 9.17) is 15.6 Å². The van der Waals surface area contributed by atoms with E-state index in [0.29, 0.717) is 12.2 Å². The van der Waals surface area contributed by atoms with Crippen molar-refractivity contribution < 1.29 is 14.6 Å². The van der Waals surface area contributed by atoms with E-state index in [-0.39, 0.29) is 6.04 Å². The number of hydrogen-bond acceptors (Lipinski definition) is 3. The van der Waals surface area contributed by atoms with Gasteiger partial charge in [0.05, 0.1) is 0 Å². The van der Waals surface area contributed by atoms with Crippen molar-refractivity contribution in [2.24, 2.45) is 5.73 Å². The first-order chi connectivity index (χ1) is 9.47. The second-order valence-corrected chi connectivity index (χ2v) is 5.71. The monoisotopic (exact) mass is 343 g/mol. The third-order valence-corrected chi connectivity index (χ3v) is 3.90. The summed E-state index contributed by atoms with van der Waals surface area (Å²) < 4.78 is 6.53. The zero-order chi connectivity index (χ0) is 15.1. The van der Waals surface area contributed by atoms with Crippen LogP contribution in [0.15, 0.2) is 22.7 Å². The predicted octanol–water partition coefficient (Wildman–Crippen LogP) is 3.36. The third-order valence-electron chi connectivity index (χ3n) is 3.13. The molecule has 1 aromatic rings. The molecule has 0 aliphatic carbocycles. The van der Waals surface area contributed by atoms with Gasteiger partial charge in [-0.3, -0.25) is 0 Å². The minimum atomic E-state index is -0.929. The summed E-state index contributed by atoms with van der Waals surface area (Å²) in [7, 11) is 0. The zero-order valence-electron chi connectivity index (χ0n) is 11.9. The summed E-state index contributed by atoms with van der Waals surface area (Å²) in [6, 6.07) is 5.60. The average molecular weight is 344 g/mol. The molecule has 2 unspecified atom stereocenters. The maximum Gasteiger partial charge on any atom is 0.344 e. The van der Waals surface area contributed by atoms with Gasteiger partial charge in [-0.2, -0.15) is 0 Å². The van der Waals surface area contributed by atoms with Gasteiger partial charge in [0.2, 0.25) is 0 Å². The Hall–Kier alpha value is -1.07. The molecule has 20 heavy (non-hydrogen) atoms. The van der Waals surface area contributed by atoms with Crippen molar-refractivity contribution in [3.63, 3.8) is 0 Å². The number of benzene rings is 1. The van der Waals surface area contributed by atoms with E-state index >= 15 is 0 Å². The minimum absolute atomic E-state index is 0.0902. The van der Waals surface area contributed by atoms with Crippen LogP contribution in [0.4, 0.5) is 0 Å². The van der Waals surface area contributed by atoms with Gasteiger partial charge in [-0.15, -0.1) is 0 Å². The Bertz CT molecular complexity index is 451. The molecule has 0 radical (unpaired) electrons. The van der Waals surface area contributed by atoms with Crippen LogP contribution in [0.5, 0.6) is 5.75 Å². The normalized spacial score (nSPS) is 13.8. The van der Waals surface area contributed by atoms with Gasteiger partial charge in [0.1, 0.15) is 5.75 Å². The highest BCUT2D eigenvalue weighted by Crippen LogP contribution is 2.25. The van der Waals surface area contributed by atoms with Crippen molar-refractivity contribution in [2.75, 3.05) is 0 Å². The first kappa shape index (κ1) is 17.0. The molecule has 4 nitrogen and oxygen atoms in total. The van der Waals surface area contributed by atoms with Gasteiger partial charge in [0.25, 0.3) is 0 Å². The number of hydrogen-bond donors (Lipinski definition) is 2. The average Bonchev–Trinajstić information content (AvgIpc) is 2.41. The summed E-state index contributed by atoms with van der Waals surface area (Å²) in [5.74, 6) is -0.353. The molecule has 5 heteroatoms. The van der Waals surface area contributed by atoms with Crippen molar-refractivity contribution in [3.8, 4) is 5.75 Å². The molecule has 3 N–H and O–H groups in total. The van der Waals surface area contributed by atoms with Crippen molar-refractivity contribution in [1.82, 2.24) is 0 Å². The second-order valence-electron chi connectivity index (χ2n) is 4.86. The number of ether oxygens (including phenoxy) is 1. The summed E-state index contributed by atoms with van der Waals surface area (Å²) >= 11 is 3.49. The van der Waals surface area contributed by atoms with Crippen LogP contribution in [0.25, 0.3) is 0 Å². The Kier molecular flexibility index (Phi) is 7.02. The van der Waals surface area contributed by atoms with E-state index in [1.807, 2.05) is 26.0 Å². The van der Waals surface area contributed by atoms with Crippen molar-refractivity contribution in [3.05, 3.63) is 28.2 Å². The molecular formula is C15H22BrNO3. The Morgan fingerprint density at radius 3 is 2.70 bits per heavy atom. The summed E-state index contributed by atoms with van der Waals surface area (Å²) in [5, 5.41) is 9.12. The SMILES string of the molecule is CCCC(Oc1ccc(Br)c(CC(N)CC)c1)C(=O)O.